The topological polar surface area (TPSA) is 72.6 Å². The molecule has 28 heavy (non-hydrogen) atoms. The van der Waals surface area contributed by atoms with E-state index in [-0.39, 0.29) is 0 Å². The van der Waals surface area contributed by atoms with Crippen LogP contribution in [0.25, 0.3) is 0 Å². The van der Waals surface area contributed by atoms with Crippen LogP contribution in [0.2, 0.25) is 10.0 Å². The molecule has 1 aromatic carbocycles. The molecule has 162 valence electrons. The van der Waals surface area contributed by atoms with E-state index in [9.17, 15) is 4.79 Å². The number of halogens is 2. The average Bonchev–Trinajstić information content (AvgIpc) is 2.66. The Balaban J connectivity index is 0.000000525. The molecule has 0 amide bonds. The monoisotopic (exact) mass is 433 g/mol. The Kier molecular flexibility index (Phi) is 18.7. The van der Waals surface area contributed by atoms with E-state index >= 15 is 0 Å². The van der Waals surface area contributed by atoms with E-state index < -0.39 is 12.6 Å². The first-order valence-corrected chi connectivity index (χ1v) is 11.3. The Morgan fingerprint density at radius 2 is 1.43 bits per heavy atom. The number of benzene rings is 1. The second-order valence-electron chi connectivity index (χ2n) is 6.93. The predicted octanol–water partition coefficient (Wildman–Crippen LogP) is 7.10. The number of unbranched alkanes of at least 4 members (excludes halogenated alkanes) is 11. The summed E-state index contributed by atoms with van der Waals surface area (Å²) in [6, 6.07) is 4.58. The number of hydrogen-bond donors (Lipinski definition) is 2. The molecule has 0 bridgehead atoms. The molecule has 1 rings (SSSR count). The van der Waals surface area contributed by atoms with Gasteiger partial charge in [-0.1, -0.05) is 101 Å². The Labute approximate surface area is 180 Å². The van der Waals surface area contributed by atoms with Crippen LogP contribution >= 0.6 is 23.2 Å². The number of nitrogens with two attached hydrogens (primary N) is 1. The fourth-order valence-corrected chi connectivity index (χ4v) is 3.18. The van der Waals surface area contributed by atoms with Crippen LogP contribution in [0.3, 0.4) is 0 Å². The molecule has 1 aromatic rings. The van der Waals surface area contributed by atoms with Crippen molar-refractivity contribution in [1.82, 2.24) is 0 Å². The number of carboxylic acids is 1. The fourth-order valence-electron chi connectivity index (χ4n) is 2.72. The third kappa shape index (κ3) is 17.2. The van der Waals surface area contributed by atoms with Crippen LogP contribution in [-0.4, -0.2) is 24.2 Å². The molecule has 0 atom stereocenters. The molecule has 0 heterocycles. The lowest BCUT2D eigenvalue weighted by atomic mass is 10.1. The van der Waals surface area contributed by atoms with Crippen molar-refractivity contribution in [2.75, 3.05) is 13.2 Å². The highest BCUT2D eigenvalue weighted by Gasteiger charge is 2.04. The van der Waals surface area contributed by atoms with Gasteiger partial charge in [0, 0.05) is 5.02 Å². The highest BCUT2D eigenvalue weighted by atomic mass is 35.5. The highest BCUT2D eigenvalue weighted by molar-refractivity contribution is 6.35. The number of carbonyl (C=O) groups is 1. The molecule has 0 aromatic heterocycles. The number of carboxylic acid groups (broad SMARTS) is 1. The Morgan fingerprint density at radius 1 is 0.929 bits per heavy atom. The van der Waals surface area contributed by atoms with Crippen molar-refractivity contribution in [3.05, 3.63) is 28.2 Å². The molecule has 0 fully saturated rings. The number of hydrogen-bond acceptors (Lipinski definition) is 3. The molecular weight excluding hydrogens is 397 g/mol. The first kappa shape index (κ1) is 27.0. The van der Waals surface area contributed by atoms with Crippen LogP contribution < -0.4 is 10.5 Å². The van der Waals surface area contributed by atoms with Crippen LogP contribution in [0, 0.1) is 0 Å². The minimum atomic E-state index is -1.05. The molecule has 0 saturated heterocycles. The van der Waals surface area contributed by atoms with Gasteiger partial charge >= 0.3 is 5.97 Å². The molecule has 6 heteroatoms. The van der Waals surface area contributed by atoms with Crippen LogP contribution in [0.15, 0.2) is 18.2 Å². The third-order valence-electron chi connectivity index (χ3n) is 4.30. The normalized spacial score (nSPS) is 10.3. The summed E-state index contributed by atoms with van der Waals surface area (Å²) >= 11 is 11.3. The summed E-state index contributed by atoms with van der Waals surface area (Å²) in [5.41, 5.74) is 5.45. The smallest absolute Gasteiger partial charge is 0.341 e. The van der Waals surface area contributed by atoms with E-state index in [1.54, 1.807) is 6.07 Å². The zero-order chi connectivity index (χ0) is 21.0. The maximum Gasteiger partial charge on any atom is 0.341 e. The molecule has 4 nitrogen and oxygen atoms in total. The molecule has 0 aliphatic carbocycles. The van der Waals surface area contributed by atoms with Gasteiger partial charge in [-0.25, -0.2) is 4.79 Å². The number of aliphatic carboxylic acids is 1. The minimum Gasteiger partial charge on any atom is -0.480 e. The van der Waals surface area contributed by atoms with Gasteiger partial charge in [0.25, 0.3) is 0 Å². The Morgan fingerprint density at radius 3 is 1.86 bits per heavy atom. The van der Waals surface area contributed by atoms with Crippen molar-refractivity contribution in [3.63, 3.8) is 0 Å². The van der Waals surface area contributed by atoms with E-state index in [4.69, 9.17) is 38.8 Å². The summed E-state index contributed by atoms with van der Waals surface area (Å²) in [7, 11) is 0. The average molecular weight is 434 g/mol. The largest absolute Gasteiger partial charge is 0.480 e. The van der Waals surface area contributed by atoms with Crippen molar-refractivity contribution < 1.29 is 14.6 Å². The van der Waals surface area contributed by atoms with Crippen LogP contribution in [-0.2, 0) is 4.79 Å². The summed E-state index contributed by atoms with van der Waals surface area (Å²) in [4.78, 5) is 10.2. The van der Waals surface area contributed by atoms with Gasteiger partial charge in [0.1, 0.15) is 5.75 Å². The molecule has 0 aliphatic heterocycles. The quantitative estimate of drug-likeness (QED) is 0.289. The SMILES string of the molecule is CCCCCCCCCCCCCCN.O=C(O)COc1ccc(Cl)cc1Cl. The van der Waals surface area contributed by atoms with Crippen LogP contribution in [0.4, 0.5) is 0 Å². The van der Waals surface area contributed by atoms with Gasteiger partial charge < -0.3 is 15.6 Å². The molecular formula is C22H37Cl2NO3. The standard InChI is InChI=1S/C14H31N.C8H6Cl2O3/c1-2-3-4-5-6-7-8-9-10-11-12-13-14-15;9-5-1-2-7(6(10)3-5)13-4-8(11)12/h2-15H2,1H3;1-3H,4H2,(H,11,12). The summed E-state index contributed by atoms with van der Waals surface area (Å²) in [6.07, 6.45) is 16.9. The molecule has 0 unspecified atom stereocenters. The lowest BCUT2D eigenvalue weighted by Crippen LogP contribution is -2.09. The maximum atomic E-state index is 10.2. The maximum absolute atomic E-state index is 10.2. The molecule has 3 N–H and O–H groups in total. The van der Waals surface area contributed by atoms with E-state index in [0.717, 1.165) is 6.54 Å². The van der Waals surface area contributed by atoms with E-state index in [1.807, 2.05) is 0 Å². The summed E-state index contributed by atoms with van der Waals surface area (Å²) in [5.74, 6) is -0.737. The summed E-state index contributed by atoms with van der Waals surface area (Å²) in [5, 5.41) is 9.11. The number of ether oxygens (including phenoxy) is 1. The fraction of sp³-hybridized carbons (Fsp3) is 0.682. The van der Waals surface area contributed by atoms with Gasteiger partial charge in [0.15, 0.2) is 6.61 Å². The van der Waals surface area contributed by atoms with E-state index in [1.165, 1.54) is 89.2 Å². The number of rotatable bonds is 15. The van der Waals surface area contributed by atoms with Gasteiger partial charge in [0.05, 0.1) is 5.02 Å². The lowest BCUT2D eigenvalue weighted by molar-refractivity contribution is -0.139. The molecule has 0 spiro atoms. The van der Waals surface area contributed by atoms with Crippen molar-refractivity contribution in [2.24, 2.45) is 5.73 Å². The lowest BCUT2D eigenvalue weighted by Gasteiger charge is -2.04. The van der Waals surface area contributed by atoms with Gasteiger partial charge in [-0.05, 0) is 31.2 Å². The van der Waals surface area contributed by atoms with Gasteiger partial charge in [0.2, 0.25) is 0 Å². The zero-order valence-electron chi connectivity index (χ0n) is 17.2. The van der Waals surface area contributed by atoms with Gasteiger partial charge in [-0.15, -0.1) is 0 Å². The van der Waals surface area contributed by atoms with Crippen LogP contribution in [0.5, 0.6) is 5.75 Å². The first-order valence-electron chi connectivity index (χ1n) is 10.5. The zero-order valence-corrected chi connectivity index (χ0v) is 18.7. The third-order valence-corrected chi connectivity index (χ3v) is 4.83. The summed E-state index contributed by atoms with van der Waals surface area (Å²) < 4.78 is 4.86. The second kappa shape index (κ2) is 19.4. The van der Waals surface area contributed by atoms with Crippen molar-refractivity contribution >= 4 is 29.2 Å². The molecule has 0 radical (unpaired) electrons. The molecule has 0 aliphatic rings. The minimum absolute atomic E-state index is 0.300. The second-order valence-corrected chi connectivity index (χ2v) is 7.78. The van der Waals surface area contributed by atoms with Crippen molar-refractivity contribution in [1.29, 1.82) is 0 Å². The van der Waals surface area contributed by atoms with Crippen LogP contribution in [0.1, 0.15) is 84.0 Å². The van der Waals surface area contributed by atoms with Crippen molar-refractivity contribution in [2.45, 2.75) is 84.0 Å². The first-order chi connectivity index (χ1) is 13.5. The van der Waals surface area contributed by atoms with Gasteiger partial charge in [-0.2, -0.15) is 0 Å². The summed E-state index contributed by atoms with van der Waals surface area (Å²) in [6.45, 7) is 2.74. The Hall–Kier alpha value is -0.970. The highest BCUT2D eigenvalue weighted by Crippen LogP contribution is 2.27. The molecule has 0 saturated carbocycles. The van der Waals surface area contributed by atoms with Gasteiger partial charge in [-0.3, -0.25) is 0 Å². The van der Waals surface area contributed by atoms with E-state index in [2.05, 4.69) is 6.92 Å². The predicted molar refractivity (Wildman–Crippen MR) is 120 cm³/mol. The van der Waals surface area contributed by atoms with E-state index in [0.29, 0.717) is 15.8 Å². The Bertz CT molecular complexity index is 501. The van der Waals surface area contributed by atoms with Crippen molar-refractivity contribution in [3.8, 4) is 5.75 Å².